The van der Waals surface area contributed by atoms with E-state index in [0.29, 0.717) is 50.8 Å². The van der Waals surface area contributed by atoms with E-state index in [-0.39, 0.29) is 24.3 Å². The van der Waals surface area contributed by atoms with Crippen molar-refractivity contribution >= 4 is 29.2 Å². The minimum absolute atomic E-state index is 0.0131. The molecule has 1 aliphatic rings. The summed E-state index contributed by atoms with van der Waals surface area (Å²) in [5.41, 5.74) is 0.617. The van der Waals surface area contributed by atoms with Gasteiger partial charge in [-0.3, -0.25) is 9.59 Å². The predicted octanol–water partition coefficient (Wildman–Crippen LogP) is 1.80. The van der Waals surface area contributed by atoms with Crippen LogP contribution in [-0.4, -0.2) is 67.0 Å². The highest BCUT2D eigenvalue weighted by Gasteiger charge is 2.24. The zero-order valence-electron chi connectivity index (χ0n) is 14.7. The number of hydrogen-bond donors (Lipinski definition) is 1. The third-order valence-electron chi connectivity index (χ3n) is 3.84. The van der Waals surface area contributed by atoms with E-state index >= 15 is 0 Å². The summed E-state index contributed by atoms with van der Waals surface area (Å²) in [6.45, 7) is 6.63. The van der Waals surface area contributed by atoms with Crippen LogP contribution in [0, 0.1) is 5.92 Å². The Morgan fingerprint density at radius 2 is 1.88 bits per heavy atom. The Bertz CT molecular complexity index is 581. The van der Waals surface area contributed by atoms with E-state index in [4.69, 9.17) is 4.74 Å². The Morgan fingerprint density at radius 1 is 1.20 bits per heavy atom. The lowest BCUT2D eigenvalue weighted by atomic mass is 10.2. The lowest BCUT2D eigenvalue weighted by molar-refractivity contribution is -0.132. The first-order chi connectivity index (χ1) is 12.0. The molecule has 1 saturated heterocycles. The van der Waals surface area contributed by atoms with Gasteiger partial charge in [0.1, 0.15) is 0 Å². The molecule has 2 heterocycles. The van der Waals surface area contributed by atoms with Crippen LogP contribution in [0.3, 0.4) is 0 Å². The van der Waals surface area contributed by atoms with Crippen molar-refractivity contribution in [1.29, 1.82) is 0 Å². The van der Waals surface area contributed by atoms with Gasteiger partial charge >= 0.3 is 6.09 Å². The second-order valence-electron chi connectivity index (χ2n) is 6.36. The van der Waals surface area contributed by atoms with Gasteiger partial charge in [-0.2, -0.15) is 11.3 Å². The number of ether oxygens (including phenoxy) is 1. The fraction of sp³-hybridized carbons (Fsp3) is 0.588. The van der Waals surface area contributed by atoms with Gasteiger partial charge in [0.2, 0.25) is 5.91 Å². The summed E-state index contributed by atoms with van der Waals surface area (Å²) in [7, 11) is 0. The summed E-state index contributed by atoms with van der Waals surface area (Å²) >= 11 is 1.46. The Balaban J connectivity index is 1.65. The average molecular weight is 367 g/mol. The molecule has 0 bridgehead atoms. The Hall–Kier alpha value is -2.09. The van der Waals surface area contributed by atoms with Crippen molar-refractivity contribution in [3.8, 4) is 0 Å². The van der Waals surface area contributed by atoms with Gasteiger partial charge in [-0.05, 0) is 17.4 Å². The standard InChI is InChI=1S/C17H25N3O4S/c1-13(2)11-24-17(23)20-8-6-19(7-9-20)15(21)3-5-18-16(22)14-4-10-25-12-14/h4,10,12-13H,3,5-9,11H2,1-2H3,(H,18,22). The molecule has 25 heavy (non-hydrogen) atoms. The Morgan fingerprint density at radius 3 is 2.48 bits per heavy atom. The first kappa shape index (κ1) is 19.2. The van der Waals surface area contributed by atoms with E-state index in [2.05, 4.69) is 5.32 Å². The largest absolute Gasteiger partial charge is 0.449 e. The molecule has 1 fully saturated rings. The molecule has 0 unspecified atom stereocenters. The van der Waals surface area contributed by atoms with Crippen molar-refractivity contribution in [1.82, 2.24) is 15.1 Å². The second-order valence-corrected chi connectivity index (χ2v) is 7.14. The molecule has 2 rings (SSSR count). The molecular formula is C17H25N3O4S. The Labute approximate surface area is 151 Å². The van der Waals surface area contributed by atoms with Crippen LogP contribution in [0.25, 0.3) is 0 Å². The summed E-state index contributed by atoms with van der Waals surface area (Å²) in [5, 5.41) is 6.36. The third-order valence-corrected chi connectivity index (χ3v) is 4.52. The summed E-state index contributed by atoms with van der Waals surface area (Å²) in [6.07, 6.45) is -0.0583. The predicted molar refractivity (Wildman–Crippen MR) is 95.6 cm³/mol. The molecule has 1 aliphatic heterocycles. The minimum Gasteiger partial charge on any atom is -0.449 e. The SMILES string of the molecule is CC(C)COC(=O)N1CCN(C(=O)CCNC(=O)c2ccsc2)CC1. The molecule has 7 nitrogen and oxygen atoms in total. The molecule has 0 atom stereocenters. The van der Waals surface area contributed by atoms with Crippen LogP contribution >= 0.6 is 11.3 Å². The molecule has 0 spiro atoms. The van der Waals surface area contributed by atoms with Gasteiger partial charge < -0.3 is 19.9 Å². The van der Waals surface area contributed by atoms with E-state index in [0.717, 1.165) is 0 Å². The van der Waals surface area contributed by atoms with Crippen molar-refractivity contribution < 1.29 is 19.1 Å². The van der Waals surface area contributed by atoms with Crippen molar-refractivity contribution in [2.45, 2.75) is 20.3 Å². The van der Waals surface area contributed by atoms with Gasteiger partial charge in [0, 0.05) is 50.1 Å². The minimum atomic E-state index is -0.316. The van der Waals surface area contributed by atoms with Gasteiger partial charge in [-0.1, -0.05) is 13.8 Å². The molecule has 0 radical (unpaired) electrons. The normalized spacial score (nSPS) is 14.5. The van der Waals surface area contributed by atoms with Crippen LogP contribution in [-0.2, 0) is 9.53 Å². The smallest absolute Gasteiger partial charge is 0.409 e. The first-order valence-corrected chi connectivity index (χ1v) is 9.41. The van der Waals surface area contributed by atoms with Crippen LogP contribution < -0.4 is 5.32 Å². The molecule has 1 aromatic rings. The van der Waals surface area contributed by atoms with Crippen LogP contribution in [0.1, 0.15) is 30.6 Å². The summed E-state index contributed by atoms with van der Waals surface area (Å²) < 4.78 is 5.20. The van der Waals surface area contributed by atoms with Gasteiger partial charge in [0.25, 0.3) is 5.91 Å². The molecule has 1 aromatic heterocycles. The van der Waals surface area contributed by atoms with Crippen molar-refractivity contribution in [3.63, 3.8) is 0 Å². The van der Waals surface area contributed by atoms with Crippen LogP contribution in [0.5, 0.6) is 0 Å². The van der Waals surface area contributed by atoms with E-state index in [1.165, 1.54) is 11.3 Å². The number of carbonyl (C=O) groups is 3. The molecule has 0 aromatic carbocycles. The molecule has 3 amide bonds. The molecule has 138 valence electrons. The topological polar surface area (TPSA) is 79.0 Å². The summed E-state index contributed by atoms with van der Waals surface area (Å²) in [4.78, 5) is 39.2. The highest BCUT2D eigenvalue weighted by molar-refractivity contribution is 7.08. The van der Waals surface area contributed by atoms with E-state index in [1.807, 2.05) is 19.2 Å². The fourth-order valence-electron chi connectivity index (χ4n) is 2.40. The van der Waals surface area contributed by atoms with Crippen molar-refractivity contribution in [2.24, 2.45) is 5.92 Å². The molecule has 8 heteroatoms. The number of amides is 3. The number of nitrogens with one attached hydrogen (secondary N) is 1. The molecule has 0 aliphatic carbocycles. The number of nitrogens with zero attached hydrogens (tertiary/aromatic N) is 2. The third kappa shape index (κ3) is 6.04. The highest BCUT2D eigenvalue weighted by atomic mass is 32.1. The lowest BCUT2D eigenvalue weighted by Gasteiger charge is -2.34. The van der Waals surface area contributed by atoms with Crippen LogP contribution in [0.2, 0.25) is 0 Å². The van der Waals surface area contributed by atoms with Crippen LogP contribution in [0.4, 0.5) is 4.79 Å². The zero-order valence-corrected chi connectivity index (χ0v) is 15.5. The highest BCUT2D eigenvalue weighted by Crippen LogP contribution is 2.07. The van der Waals surface area contributed by atoms with E-state index in [1.54, 1.807) is 21.2 Å². The van der Waals surface area contributed by atoms with Gasteiger partial charge in [0.05, 0.1) is 6.61 Å². The monoisotopic (exact) mass is 367 g/mol. The van der Waals surface area contributed by atoms with E-state index in [9.17, 15) is 14.4 Å². The van der Waals surface area contributed by atoms with Gasteiger partial charge in [-0.15, -0.1) is 0 Å². The number of piperazine rings is 1. The van der Waals surface area contributed by atoms with E-state index < -0.39 is 0 Å². The summed E-state index contributed by atoms with van der Waals surface area (Å²) in [5.74, 6) is 0.128. The number of hydrogen-bond acceptors (Lipinski definition) is 5. The average Bonchev–Trinajstić information content (AvgIpc) is 3.14. The first-order valence-electron chi connectivity index (χ1n) is 8.47. The fourth-order valence-corrected chi connectivity index (χ4v) is 3.04. The van der Waals surface area contributed by atoms with Crippen molar-refractivity contribution in [2.75, 3.05) is 39.3 Å². The molecule has 0 saturated carbocycles. The Kier molecular flexibility index (Phi) is 7.24. The van der Waals surface area contributed by atoms with Crippen LogP contribution in [0.15, 0.2) is 16.8 Å². The number of thiophene rings is 1. The molecular weight excluding hydrogens is 342 g/mol. The second kappa shape index (κ2) is 9.41. The number of rotatable bonds is 6. The maximum Gasteiger partial charge on any atom is 0.409 e. The lowest BCUT2D eigenvalue weighted by Crippen LogP contribution is -2.51. The maximum atomic E-state index is 12.2. The zero-order chi connectivity index (χ0) is 18.2. The van der Waals surface area contributed by atoms with Crippen molar-refractivity contribution in [3.05, 3.63) is 22.4 Å². The summed E-state index contributed by atoms with van der Waals surface area (Å²) in [6, 6.07) is 1.75. The number of carbonyl (C=O) groups excluding carboxylic acids is 3. The van der Waals surface area contributed by atoms with Gasteiger partial charge in [-0.25, -0.2) is 4.79 Å². The maximum absolute atomic E-state index is 12.2. The van der Waals surface area contributed by atoms with Gasteiger partial charge in [0.15, 0.2) is 0 Å². The quantitative estimate of drug-likeness (QED) is 0.832. The molecule has 1 N–H and O–H groups in total.